The second-order valence-electron chi connectivity index (χ2n) is 31.1. The van der Waals surface area contributed by atoms with Crippen LogP contribution in [0.1, 0.15) is 385 Å². The van der Waals surface area contributed by atoms with Gasteiger partial charge in [0.15, 0.2) is 0 Å². The number of aliphatic hydroxyl groups is 1. The van der Waals surface area contributed by atoms with Crippen molar-refractivity contribution in [3.63, 3.8) is 0 Å². The summed E-state index contributed by atoms with van der Waals surface area (Å²) < 4.78 is 14.8. The Labute approximate surface area is 686 Å². The molecule has 7 N–H and O–H groups in total. The smallest absolute Gasteiger partial charge is 0.225 e. The van der Waals surface area contributed by atoms with Gasteiger partial charge in [0.1, 0.15) is 0 Å². The third-order valence-corrected chi connectivity index (χ3v) is 21.5. The molecule has 6 amide bonds. The van der Waals surface area contributed by atoms with Gasteiger partial charge in [0.05, 0.1) is 25.9 Å². The largest absolute Gasteiger partial charge is 0.393 e. The lowest BCUT2D eigenvalue weighted by molar-refractivity contribution is -0.136. The Morgan fingerprint density at radius 2 is 0.673 bits per heavy atom. The fourth-order valence-corrected chi connectivity index (χ4v) is 14.1. The summed E-state index contributed by atoms with van der Waals surface area (Å²) in [6, 6.07) is 1.11. The van der Waals surface area contributed by atoms with E-state index in [0.717, 1.165) is 124 Å². The van der Waals surface area contributed by atoms with Gasteiger partial charge in [-0.1, -0.05) is 166 Å². The maximum atomic E-state index is 12.0. The van der Waals surface area contributed by atoms with Gasteiger partial charge in [0, 0.05) is 117 Å². The summed E-state index contributed by atoms with van der Waals surface area (Å²) in [6.07, 6.45) is 37.4. The van der Waals surface area contributed by atoms with Crippen LogP contribution >= 0.6 is 0 Å². The minimum absolute atomic E-state index is 0.0196. The van der Waals surface area contributed by atoms with Crippen LogP contribution in [0, 0.1) is 76.9 Å². The molecule has 664 valence electrons. The van der Waals surface area contributed by atoms with Crippen LogP contribution in [0.15, 0.2) is 0 Å². The molecule has 0 radical (unpaired) electrons. The zero-order valence-corrected chi connectivity index (χ0v) is 79.6. The maximum Gasteiger partial charge on any atom is 0.225 e. The van der Waals surface area contributed by atoms with Gasteiger partial charge in [0.25, 0.3) is 0 Å². The SMILES string of the molecule is CC.CC.CC.CC.CC.CC.CC.CC.CC(=O)NC1CCC(C)CC1.CC1CCC(C(=O)N(C)C)CC1.CC1CCC(N)CC1.CC1CCC(O)CC1.CNC(=O)C1CCC(C)CC1.COCC(C)NC(=O)C1CCC(C)CC1.COCCN(C)C(=O)C1CCC(C)CC1.COCCNC(=O)C1CCC(C)CC1. The quantitative estimate of drug-likeness (QED) is 0.0845. The maximum absolute atomic E-state index is 12.0. The number of carbonyl (C=O) groups is 6. The van der Waals surface area contributed by atoms with Crippen LogP contribution in [0.3, 0.4) is 0 Å². The van der Waals surface area contributed by atoms with Gasteiger partial charge in [-0.2, -0.15) is 0 Å². The average molecular weight is 1570 g/mol. The van der Waals surface area contributed by atoms with Gasteiger partial charge in [-0.05, 0) is 260 Å². The fourth-order valence-electron chi connectivity index (χ4n) is 14.1. The molecule has 1 unspecified atom stereocenters. The Morgan fingerprint density at radius 1 is 0.391 bits per heavy atom. The second kappa shape index (κ2) is 86.5. The number of rotatable bonds is 15. The first-order valence-electron chi connectivity index (χ1n) is 46.1. The minimum atomic E-state index is 0.0196. The summed E-state index contributed by atoms with van der Waals surface area (Å²) >= 11 is 0. The third kappa shape index (κ3) is 70.1. The Kier molecular flexibility index (Phi) is 96.1. The lowest BCUT2D eigenvalue weighted by Crippen LogP contribution is -2.40. The van der Waals surface area contributed by atoms with Crippen LogP contribution in [-0.4, -0.2) is 157 Å². The molecule has 8 aliphatic rings. The number of nitrogens with zero attached hydrogens (tertiary/aromatic N) is 2. The molecular weight excluding hydrogens is 1380 g/mol. The normalized spacial score (nSPS) is 26.7. The molecular formula is C93H197N7O10. The number of hydrogen-bond acceptors (Lipinski definition) is 11. The zero-order valence-electron chi connectivity index (χ0n) is 79.6. The second-order valence-corrected chi connectivity index (χ2v) is 31.1. The molecule has 0 saturated heterocycles. The first-order valence-corrected chi connectivity index (χ1v) is 46.1. The summed E-state index contributed by atoms with van der Waals surface area (Å²) in [5, 5.41) is 20.6. The predicted molar refractivity (Wildman–Crippen MR) is 478 cm³/mol. The number of aliphatic hydroxyl groups excluding tert-OH is 1. The molecule has 0 aromatic carbocycles. The van der Waals surface area contributed by atoms with Crippen molar-refractivity contribution >= 4 is 35.4 Å². The molecule has 0 bridgehead atoms. The highest BCUT2D eigenvalue weighted by atomic mass is 16.5. The summed E-state index contributed by atoms with van der Waals surface area (Å²) in [4.78, 5) is 72.3. The van der Waals surface area contributed by atoms with Crippen molar-refractivity contribution in [2.24, 2.45) is 82.7 Å². The van der Waals surface area contributed by atoms with E-state index in [-0.39, 0.29) is 53.5 Å². The molecule has 8 saturated carbocycles. The van der Waals surface area contributed by atoms with Gasteiger partial charge in [-0.15, -0.1) is 0 Å². The summed E-state index contributed by atoms with van der Waals surface area (Å²) in [6.45, 7) is 56.9. The van der Waals surface area contributed by atoms with Gasteiger partial charge >= 0.3 is 0 Å². The van der Waals surface area contributed by atoms with E-state index in [1.54, 1.807) is 40.2 Å². The number of hydrogen-bond donors (Lipinski definition) is 6. The van der Waals surface area contributed by atoms with Gasteiger partial charge in [-0.25, -0.2) is 0 Å². The number of carbonyl (C=O) groups excluding carboxylic acids is 6. The number of ether oxygens (including phenoxy) is 3. The van der Waals surface area contributed by atoms with Gasteiger partial charge < -0.3 is 56.1 Å². The fraction of sp³-hybridized carbons (Fsp3) is 0.935. The highest BCUT2D eigenvalue weighted by molar-refractivity contribution is 5.80. The Morgan fingerprint density at radius 3 is 0.955 bits per heavy atom. The Balaban J connectivity index is -0.000000176. The Bertz CT molecular complexity index is 1900. The molecule has 0 spiro atoms. The lowest BCUT2D eigenvalue weighted by atomic mass is 9.82. The highest BCUT2D eigenvalue weighted by Gasteiger charge is 2.30. The van der Waals surface area contributed by atoms with Crippen molar-refractivity contribution in [2.75, 3.05) is 82.4 Å². The molecule has 1 atom stereocenters. The molecule has 110 heavy (non-hydrogen) atoms. The van der Waals surface area contributed by atoms with E-state index in [4.69, 9.17) is 25.1 Å². The molecule has 0 aliphatic heterocycles. The number of nitrogens with one attached hydrogen (secondary N) is 4. The lowest BCUT2D eigenvalue weighted by Gasteiger charge is -2.28. The molecule has 8 rings (SSSR count). The molecule has 0 aromatic heterocycles. The molecule has 8 aliphatic carbocycles. The highest BCUT2D eigenvalue weighted by Crippen LogP contribution is 2.33. The van der Waals surface area contributed by atoms with E-state index < -0.39 is 0 Å². The zero-order chi connectivity index (χ0) is 86.5. The number of amides is 6. The van der Waals surface area contributed by atoms with Crippen molar-refractivity contribution in [3.8, 4) is 0 Å². The summed E-state index contributed by atoms with van der Waals surface area (Å²) in [5.41, 5.74) is 5.70. The first-order chi connectivity index (χ1) is 52.6. The van der Waals surface area contributed by atoms with Crippen molar-refractivity contribution in [2.45, 2.75) is 410 Å². The van der Waals surface area contributed by atoms with Crippen molar-refractivity contribution in [3.05, 3.63) is 0 Å². The minimum Gasteiger partial charge on any atom is -0.393 e. The van der Waals surface area contributed by atoms with Crippen molar-refractivity contribution in [1.29, 1.82) is 0 Å². The Hall–Kier alpha value is -3.38. The van der Waals surface area contributed by atoms with Crippen LogP contribution in [-0.2, 0) is 43.0 Å². The van der Waals surface area contributed by atoms with E-state index in [0.29, 0.717) is 68.6 Å². The number of methoxy groups -OCH3 is 3. The molecule has 0 heterocycles. The van der Waals surface area contributed by atoms with E-state index in [2.05, 4.69) is 76.7 Å². The molecule has 17 heteroatoms. The topological polar surface area (TPSA) is 231 Å². The molecule has 17 nitrogen and oxygen atoms in total. The van der Waals surface area contributed by atoms with E-state index >= 15 is 0 Å². The average Bonchev–Trinajstić information content (AvgIpc) is 0.898. The monoisotopic (exact) mass is 1570 g/mol. The van der Waals surface area contributed by atoms with E-state index in [9.17, 15) is 28.8 Å². The van der Waals surface area contributed by atoms with Crippen LogP contribution in [0.2, 0.25) is 0 Å². The summed E-state index contributed by atoms with van der Waals surface area (Å²) in [5.74, 6) is 9.50. The molecule has 8 fully saturated rings. The molecule has 0 aromatic rings. The standard InChI is InChI=1S/2C12H23NO2.C11H21NO2.C10H19NO.2C9H17NO.C7H15N.C7H14O.8C2H6/c1-10-4-6-11(7-5-10)12(14)13(2)8-9-15-3;1-9-4-6-11(7-5-9)12(14)13-10(2)8-15-3;1-9-3-5-10(6-4-9)11(13)12-7-8-14-2;1-8-4-6-9(7-5-8)10(12)11(2)3;1-7-3-5-8(6-4-7)9(11)10-2;1-7-3-5-9(6-4-7)10-8(2)11;2*1-6-2-4-7(8)5-3-6;8*1-2/h10-11H,4-9H2,1-3H3;9-11H,4-8H2,1-3H3,(H,13,14);9-10H,3-8H2,1-2H3,(H,12,13);8-9H,4-7H2,1-3H3;7-8H,3-6H2,1-2H3,(H,10,11);7,9H,3-6H2,1-2H3,(H,10,11);6-7H,2-5,8H2,1H3;6-8H,2-5H2,1H3;8*1-2H3. The van der Waals surface area contributed by atoms with Crippen molar-refractivity contribution < 1.29 is 48.1 Å². The summed E-state index contributed by atoms with van der Waals surface area (Å²) in [7, 11) is 12.3. The number of nitrogens with two attached hydrogens (primary N) is 1. The van der Waals surface area contributed by atoms with E-state index in [1.807, 2.05) is 144 Å². The van der Waals surface area contributed by atoms with Crippen LogP contribution in [0.25, 0.3) is 0 Å². The van der Waals surface area contributed by atoms with E-state index in [1.165, 1.54) is 128 Å². The first kappa shape index (κ1) is 122. The van der Waals surface area contributed by atoms with Crippen molar-refractivity contribution in [1.82, 2.24) is 31.1 Å². The van der Waals surface area contributed by atoms with Crippen LogP contribution in [0.5, 0.6) is 0 Å². The van der Waals surface area contributed by atoms with Gasteiger partial charge in [-0.3, -0.25) is 28.8 Å². The van der Waals surface area contributed by atoms with Gasteiger partial charge in [0.2, 0.25) is 35.4 Å². The van der Waals surface area contributed by atoms with Crippen LogP contribution in [0.4, 0.5) is 0 Å². The number of likely N-dealkylation sites (N-methyl/N-ethyl adjacent to an activating group) is 1. The predicted octanol–water partition coefficient (Wildman–Crippen LogP) is 21.9. The third-order valence-electron chi connectivity index (χ3n) is 21.5. The van der Waals surface area contributed by atoms with Crippen LogP contribution < -0.4 is 27.0 Å².